The SMILES string of the molecule is Cc1ncn(CC(=O)N2CCc3c(Cl)cccc3C2)c1C. The second-order valence-corrected chi connectivity index (χ2v) is 5.89. The zero-order valence-corrected chi connectivity index (χ0v) is 13.0. The molecule has 1 aliphatic rings. The number of imidazole rings is 1. The van der Waals surface area contributed by atoms with Crippen molar-refractivity contribution in [2.45, 2.75) is 33.4 Å². The van der Waals surface area contributed by atoms with Crippen LogP contribution in [0.1, 0.15) is 22.5 Å². The molecule has 0 unspecified atom stereocenters. The lowest BCUT2D eigenvalue weighted by Gasteiger charge is -2.29. The lowest BCUT2D eigenvalue weighted by atomic mass is 10.00. The van der Waals surface area contributed by atoms with E-state index in [4.69, 9.17) is 11.6 Å². The summed E-state index contributed by atoms with van der Waals surface area (Å²) in [6.45, 7) is 5.66. The van der Waals surface area contributed by atoms with E-state index in [-0.39, 0.29) is 5.91 Å². The van der Waals surface area contributed by atoms with Crippen molar-refractivity contribution in [1.29, 1.82) is 0 Å². The number of benzene rings is 1. The molecule has 0 radical (unpaired) electrons. The molecule has 110 valence electrons. The van der Waals surface area contributed by atoms with Gasteiger partial charge in [0.2, 0.25) is 5.91 Å². The van der Waals surface area contributed by atoms with E-state index in [0.29, 0.717) is 13.1 Å². The van der Waals surface area contributed by atoms with Crippen LogP contribution in [-0.2, 0) is 24.3 Å². The minimum Gasteiger partial charge on any atom is -0.336 e. The molecule has 0 bridgehead atoms. The molecule has 2 heterocycles. The predicted molar refractivity (Wildman–Crippen MR) is 82.3 cm³/mol. The van der Waals surface area contributed by atoms with Crippen LogP contribution in [0.15, 0.2) is 24.5 Å². The molecule has 0 saturated carbocycles. The predicted octanol–water partition coefficient (Wildman–Crippen LogP) is 2.74. The molecule has 1 aliphatic heterocycles. The highest BCUT2D eigenvalue weighted by Crippen LogP contribution is 2.26. The van der Waals surface area contributed by atoms with Crippen molar-refractivity contribution in [2.75, 3.05) is 6.54 Å². The lowest BCUT2D eigenvalue weighted by molar-refractivity contribution is -0.132. The second-order valence-electron chi connectivity index (χ2n) is 5.49. The Balaban J connectivity index is 1.74. The van der Waals surface area contributed by atoms with E-state index >= 15 is 0 Å². The highest BCUT2D eigenvalue weighted by Gasteiger charge is 2.22. The highest BCUT2D eigenvalue weighted by molar-refractivity contribution is 6.31. The fourth-order valence-electron chi connectivity index (χ4n) is 2.73. The number of carbonyl (C=O) groups is 1. The Kier molecular flexibility index (Phi) is 3.72. The number of amides is 1. The first-order valence-corrected chi connectivity index (χ1v) is 7.46. The van der Waals surface area contributed by atoms with Crippen molar-refractivity contribution in [2.24, 2.45) is 0 Å². The number of nitrogens with zero attached hydrogens (tertiary/aromatic N) is 3. The molecule has 0 aliphatic carbocycles. The van der Waals surface area contributed by atoms with E-state index in [1.165, 1.54) is 5.56 Å². The summed E-state index contributed by atoms with van der Waals surface area (Å²) in [6.07, 6.45) is 2.56. The van der Waals surface area contributed by atoms with Gasteiger partial charge >= 0.3 is 0 Å². The maximum atomic E-state index is 12.5. The van der Waals surface area contributed by atoms with Gasteiger partial charge in [0.05, 0.1) is 12.0 Å². The van der Waals surface area contributed by atoms with Crippen LogP contribution < -0.4 is 0 Å². The van der Waals surface area contributed by atoms with Gasteiger partial charge in [-0.15, -0.1) is 0 Å². The Morgan fingerprint density at radius 2 is 2.19 bits per heavy atom. The van der Waals surface area contributed by atoms with Crippen LogP contribution in [0.2, 0.25) is 5.02 Å². The topological polar surface area (TPSA) is 38.1 Å². The average Bonchev–Trinajstić information content (AvgIpc) is 2.79. The summed E-state index contributed by atoms with van der Waals surface area (Å²) in [5.74, 6) is 0.126. The summed E-state index contributed by atoms with van der Waals surface area (Å²) in [5.41, 5.74) is 4.35. The number of aromatic nitrogens is 2. The number of fused-ring (bicyclic) bond motifs is 1. The van der Waals surface area contributed by atoms with Crippen LogP contribution in [-0.4, -0.2) is 26.9 Å². The molecule has 0 N–H and O–H groups in total. The molecule has 1 amide bonds. The maximum absolute atomic E-state index is 12.5. The number of hydrogen-bond donors (Lipinski definition) is 0. The van der Waals surface area contributed by atoms with Gasteiger partial charge in [0.15, 0.2) is 0 Å². The Labute approximate surface area is 129 Å². The van der Waals surface area contributed by atoms with Crippen molar-refractivity contribution in [3.8, 4) is 0 Å². The molecule has 5 heteroatoms. The largest absolute Gasteiger partial charge is 0.336 e. The smallest absolute Gasteiger partial charge is 0.242 e. The van der Waals surface area contributed by atoms with E-state index in [1.807, 2.05) is 41.5 Å². The van der Waals surface area contributed by atoms with Crippen LogP contribution in [0.5, 0.6) is 0 Å². The third kappa shape index (κ3) is 2.68. The zero-order valence-electron chi connectivity index (χ0n) is 12.3. The van der Waals surface area contributed by atoms with E-state index in [0.717, 1.165) is 34.9 Å². The van der Waals surface area contributed by atoms with Crippen LogP contribution >= 0.6 is 11.6 Å². The van der Waals surface area contributed by atoms with Gasteiger partial charge < -0.3 is 9.47 Å². The van der Waals surface area contributed by atoms with Crippen LogP contribution in [0.4, 0.5) is 0 Å². The Morgan fingerprint density at radius 1 is 1.38 bits per heavy atom. The Morgan fingerprint density at radius 3 is 2.90 bits per heavy atom. The summed E-state index contributed by atoms with van der Waals surface area (Å²) in [6, 6.07) is 5.90. The van der Waals surface area contributed by atoms with Crippen molar-refractivity contribution in [3.63, 3.8) is 0 Å². The number of aryl methyl sites for hydroxylation is 1. The molecule has 0 fully saturated rings. The van der Waals surface area contributed by atoms with Gasteiger partial charge in [0, 0.05) is 23.8 Å². The summed E-state index contributed by atoms with van der Waals surface area (Å²) < 4.78 is 1.91. The first-order valence-electron chi connectivity index (χ1n) is 7.08. The van der Waals surface area contributed by atoms with Gasteiger partial charge in [-0.1, -0.05) is 23.7 Å². The molecular formula is C16H18ClN3O. The molecule has 1 aromatic carbocycles. The second kappa shape index (κ2) is 5.53. The standard InChI is InChI=1S/C16H18ClN3O/c1-11-12(2)20(10-18-11)9-16(21)19-7-6-14-13(8-19)4-3-5-15(14)17/h3-5,10H,6-9H2,1-2H3. The number of hydrogen-bond acceptors (Lipinski definition) is 2. The highest BCUT2D eigenvalue weighted by atomic mass is 35.5. The zero-order chi connectivity index (χ0) is 15.0. The third-order valence-corrected chi connectivity index (χ3v) is 4.57. The Hall–Kier alpha value is -1.81. The number of rotatable bonds is 2. The van der Waals surface area contributed by atoms with Crippen molar-refractivity contribution in [3.05, 3.63) is 52.1 Å². The first-order chi connectivity index (χ1) is 10.1. The average molecular weight is 304 g/mol. The minimum atomic E-state index is 0.126. The lowest BCUT2D eigenvalue weighted by Crippen LogP contribution is -2.38. The minimum absolute atomic E-state index is 0.126. The fourth-order valence-corrected chi connectivity index (χ4v) is 3.01. The van der Waals surface area contributed by atoms with Crippen molar-refractivity contribution in [1.82, 2.24) is 14.5 Å². The Bertz CT molecular complexity index is 693. The quantitative estimate of drug-likeness (QED) is 0.855. The summed E-state index contributed by atoms with van der Waals surface area (Å²) in [4.78, 5) is 18.6. The van der Waals surface area contributed by atoms with Gasteiger partial charge in [-0.3, -0.25) is 4.79 Å². The third-order valence-electron chi connectivity index (χ3n) is 4.21. The van der Waals surface area contributed by atoms with E-state index < -0.39 is 0 Å². The monoisotopic (exact) mass is 303 g/mol. The van der Waals surface area contributed by atoms with Crippen LogP contribution in [0.25, 0.3) is 0 Å². The van der Waals surface area contributed by atoms with E-state index in [2.05, 4.69) is 4.98 Å². The van der Waals surface area contributed by atoms with Crippen LogP contribution in [0.3, 0.4) is 0 Å². The van der Waals surface area contributed by atoms with Gasteiger partial charge in [-0.05, 0) is 37.5 Å². The van der Waals surface area contributed by atoms with Gasteiger partial charge in [0.25, 0.3) is 0 Å². The molecule has 4 nitrogen and oxygen atoms in total. The molecular weight excluding hydrogens is 286 g/mol. The molecule has 2 aromatic rings. The van der Waals surface area contributed by atoms with E-state index in [9.17, 15) is 4.79 Å². The summed E-state index contributed by atoms with van der Waals surface area (Å²) in [5, 5.41) is 0.806. The van der Waals surface area contributed by atoms with E-state index in [1.54, 1.807) is 6.33 Å². The molecule has 0 atom stereocenters. The first kappa shape index (κ1) is 14.1. The molecule has 1 aromatic heterocycles. The van der Waals surface area contributed by atoms with Gasteiger partial charge in [-0.25, -0.2) is 4.98 Å². The normalized spacial score (nSPS) is 14.1. The van der Waals surface area contributed by atoms with Gasteiger partial charge in [-0.2, -0.15) is 0 Å². The maximum Gasteiger partial charge on any atom is 0.242 e. The molecule has 3 rings (SSSR count). The molecule has 0 saturated heterocycles. The summed E-state index contributed by atoms with van der Waals surface area (Å²) in [7, 11) is 0. The van der Waals surface area contributed by atoms with Crippen molar-refractivity contribution >= 4 is 17.5 Å². The van der Waals surface area contributed by atoms with Gasteiger partial charge in [0.1, 0.15) is 6.54 Å². The summed E-state index contributed by atoms with van der Waals surface area (Å²) >= 11 is 6.21. The molecule has 21 heavy (non-hydrogen) atoms. The van der Waals surface area contributed by atoms with Crippen molar-refractivity contribution < 1.29 is 4.79 Å². The number of carbonyl (C=O) groups excluding carboxylic acids is 1. The number of halogens is 1. The fraction of sp³-hybridized carbons (Fsp3) is 0.375. The molecule has 0 spiro atoms. The van der Waals surface area contributed by atoms with Crippen LogP contribution in [0, 0.1) is 13.8 Å².